The Morgan fingerprint density at radius 3 is 2.03 bits per heavy atom. The molecule has 1 amide bonds. The second-order valence-corrected chi connectivity index (χ2v) is 10.6. The summed E-state index contributed by atoms with van der Waals surface area (Å²) in [6.45, 7) is 10.2. The summed E-state index contributed by atoms with van der Waals surface area (Å²) < 4.78 is 31.5. The van der Waals surface area contributed by atoms with Gasteiger partial charge in [-0.25, -0.2) is 8.42 Å². The lowest BCUT2D eigenvalue weighted by Crippen LogP contribution is -2.49. The standard InChI is InChI=1S/C24H34N2O4S/c1-8-22(26(31(7,28)29)20-13-15-21(30-6)16-14-20)23(27)25-17(2)18-9-11-19(12-10-18)24(3,4)5/h9-17,22H,8H2,1-7H3,(H,25,27)/t17-,22+/m0/s1. The van der Waals surface area contributed by atoms with Crippen LogP contribution < -0.4 is 14.4 Å². The zero-order valence-corrected chi connectivity index (χ0v) is 20.3. The molecule has 0 heterocycles. The molecule has 0 aliphatic heterocycles. The highest BCUT2D eigenvalue weighted by Gasteiger charge is 2.32. The van der Waals surface area contributed by atoms with Crippen molar-refractivity contribution in [3.8, 4) is 5.75 Å². The van der Waals surface area contributed by atoms with E-state index in [4.69, 9.17) is 4.74 Å². The van der Waals surface area contributed by atoms with E-state index in [1.807, 2.05) is 19.1 Å². The van der Waals surface area contributed by atoms with Crippen molar-refractivity contribution in [1.82, 2.24) is 5.32 Å². The SMILES string of the molecule is CC[C@H](C(=O)N[C@@H](C)c1ccc(C(C)(C)C)cc1)N(c1ccc(OC)cc1)S(C)(=O)=O. The molecule has 31 heavy (non-hydrogen) atoms. The molecule has 0 fully saturated rings. The summed E-state index contributed by atoms with van der Waals surface area (Å²) in [5, 5.41) is 2.98. The number of sulfonamides is 1. The highest BCUT2D eigenvalue weighted by molar-refractivity contribution is 7.92. The van der Waals surface area contributed by atoms with Crippen molar-refractivity contribution in [2.45, 2.75) is 58.5 Å². The van der Waals surface area contributed by atoms with E-state index < -0.39 is 16.1 Å². The molecule has 0 aromatic heterocycles. The fraction of sp³-hybridized carbons (Fsp3) is 0.458. The molecule has 0 aliphatic rings. The van der Waals surface area contributed by atoms with Crippen LogP contribution >= 0.6 is 0 Å². The van der Waals surface area contributed by atoms with Gasteiger partial charge in [-0.3, -0.25) is 9.10 Å². The molecule has 0 aliphatic carbocycles. The number of methoxy groups -OCH3 is 1. The maximum absolute atomic E-state index is 13.1. The third-order valence-electron chi connectivity index (χ3n) is 5.29. The summed E-state index contributed by atoms with van der Waals surface area (Å²) in [7, 11) is -2.14. The number of nitrogens with one attached hydrogen (secondary N) is 1. The van der Waals surface area contributed by atoms with Gasteiger partial charge in [-0.1, -0.05) is 52.0 Å². The first-order chi connectivity index (χ1) is 14.4. The first-order valence-corrected chi connectivity index (χ1v) is 12.3. The Balaban J connectivity index is 2.26. The second-order valence-electron chi connectivity index (χ2n) is 8.78. The average Bonchev–Trinajstić information content (AvgIpc) is 2.70. The van der Waals surface area contributed by atoms with Crippen LogP contribution in [0.1, 0.15) is 58.2 Å². The summed E-state index contributed by atoms with van der Waals surface area (Å²) in [6.07, 6.45) is 1.45. The van der Waals surface area contributed by atoms with Gasteiger partial charge in [0.1, 0.15) is 11.8 Å². The van der Waals surface area contributed by atoms with E-state index in [0.717, 1.165) is 11.8 Å². The van der Waals surface area contributed by atoms with Gasteiger partial charge in [0.15, 0.2) is 0 Å². The predicted octanol–water partition coefficient (Wildman–Crippen LogP) is 4.41. The quantitative estimate of drug-likeness (QED) is 0.651. The number of amides is 1. The molecule has 1 N–H and O–H groups in total. The van der Waals surface area contributed by atoms with Crippen LogP contribution in [0, 0.1) is 0 Å². The molecule has 2 atom stereocenters. The number of ether oxygens (including phenoxy) is 1. The Morgan fingerprint density at radius 1 is 1.06 bits per heavy atom. The van der Waals surface area contributed by atoms with E-state index in [1.54, 1.807) is 38.3 Å². The summed E-state index contributed by atoms with van der Waals surface area (Å²) in [5.41, 5.74) is 2.65. The van der Waals surface area contributed by atoms with Gasteiger partial charge in [-0.15, -0.1) is 0 Å². The first-order valence-electron chi connectivity index (χ1n) is 10.4. The van der Waals surface area contributed by atoms with Crippen molar-refractivity contribution < 1.29 is 17.9 Å². The summed E-state index contributed by atoms with van der Waals surface area (Å²) in [4.78, 5) is 13.1. The van der Waals surface area contributed by atoms with E-state index in [2.05, 4.69) is 38.2 Å². The maximum Gasteiger partial charge on any atom is 0.244 e. The molecule has 6 nitrogen and oxygen atoms in total. The second kappa shape index (κ2) is 9.73. The topological polar surface area (TPSA) is 75.7 Å². The molecule has 0 radical (unpaired) electrons. The van der Waals surface area contributed by atoms with Gasteiger partial charge >= 0.3 is 0 Å². The Kier molecular flexibility index (Phi) is 7.76. The molecule has 2 rings (SSSR count). The van der Waals surface area contributed by atoms with Gasteiger partial charge in [-0.05, 0) is 54.2 Å². The predicted molar refractivity (Wildman–Crippen MR) is 126 cm³/mol. The normalized spacial score (nSPS) is 13.9. The number of hydrogen-bond acceptors (Lipinski definition) is 4. The highest BCUT2D eigenvalue weighted by Crippen LogP contribution is 2.27. The fourth-order valence-corrected chi connectivity index (χ4v) is 4.67. The van der Waals surface area contributed by atoms with Crippen molar-refractivity contribution in [3.05, 3.63) is 59.7 Å². The number of carbonyl (C=O) groups is 1. The Bertz CT molecular complexity index is 978. The number of nitrogens with zero attached hydrogens (tertiary/aromatic N) is 1. The number of hydrogen-bond donors (Lipinski definition) is 1. The van der Waals surface area contributed by atoms with Crippen molar-refractivity contribution in [1.29, 1.82) is 0 Å². The molecule has 2 aromatic rings. The van der Waals surface area contributed by atoms with Crippen LogP contribution in [-0.4, -0.2) is 33.7 Å². The van der Waals surface area contributed by atoms with Crippen LogP contribution in [0.25, 0.3) is 0 Å². The van der Waals surface area contributed by atoms with Crippen LogP contribution in [0.15, 0.2) is 48.5 Å². The number of rotatable bonds is 8. The summed E-state index contributed by atoms with van der Waals surface area (Å²) in [5.74, 6) is 0.276. The van der Waals surface area contributed by atoms with Crippen LogP contribution in [-0.2, 0) is 20.2 Å². The average molecular weight is 447 g/mol. The van der Waals surface area contributed by atoms with E-state index >= 15 is 0 Å². The van der Waals surface area contributed by atoms with Crippen molar-refractivity contribution in [3.63, 3.8) is 0 Å². The lowest BCUT2D eigenvalue weighted by Gasteiger charge is -2.31. The third kappa shape index (κ3) is 6.23. The fourth-order valence-electron chi connectivity index (χ4n) is 3.45. The van der Waals surface area contributed by atoms with Gasteiger partial charge in [0.05, 0.1) is 25.1 Å². The lowest BCUT2D eigenvalue weighted by molar-refractivity contribution is -0.122. The van der Waals surface area contributed by atoms with Crippen molar-refractivity contribution in [2.75, 3.05) is 17.7 Å². The van der Waals surface area contributed by atoms with Gasteiger partial charge in [0.25, 0.3) is 0 Å². The number of benzene rings is 2. The van der Waals surface area contributed by atoms with E-state index in [1.165, 1.54) is 9.87 Å². The summed E-state index contributed by atoms with van der Waals surface area (Å²) in [6, 6.07) is 13.7. The molecular weight excluding hydrogens is 412 g/mol. The Hall–Kier alpha value is -2.54. The highest BCUT2D eigenvalue weighted by atomic mass is 32.2. The Labute approximate surface area is 186 Å². The van der Waals surface area contributed by atoms with Gasteiger partial charge in [0.2, 0.25) is 15.9 Å². The Morgan fingerprint density at radius 2 is 1.61 bits per heavy atom. The van der Waals surface area contributed by atoms with Crippen LogP contribution in [0.4, 0.5) is 5.69 Å². The first kappa shape index (κ1) is 24.7. The summed E-state index contributed by atoms with van der Waals surface area (Å²) >= 11 is 0. The molecule has 0 spiro atoms. The van der Waals surface area contributed by atoms with Crippen molar-refractivity contribution >= 4 is 21.6 Å². The number of anilines is 1. The zero-order valence-electron chi connectivity index (χ0n) is 19.5. The van der Waals surface area contributed by atoms with Gasteiger partial charge in [0, 0.05) is 0 Å². The smallest absolute Gasteiger partial charge is 0.244 e. The van der Waals surface area contributed by atoms with E-state index in [9.17, 15) is 13.2 Å². The minimum atomic E-state index is -3.68. The third-order valence-corrected chi connectivity index (χ3v) is 6.47. The molecule has 7 heteroatoms. The monoisotopic (exact) mass is 446 g/mol. The van der Waals surface area contributed by atoms with Gasteiger partial charge in [-0.2, -0.15) is 0 Å². The van der Waals surface area contributed by atoms with Crippen LogP contribution in [0.2, 0.25) is 0 Å². The van der Waals surface area contributed by atoms with Crippen LogP contribution in [0.5, 0.6) is 5.75 Å². The largest absolute Gasteiger partial charge is 0.497 e. The number of carbonyl (C=O) groups excluding carboxylic acids is 1. The minimum Gasteiger partial charge on any atom is -0.497 e. The molecule has 0 bridgehead atoms. The maximum atomic E-state index is 13.1. The molecule has 2 aromatic carbocycles. The molecule has 0 unspecified atom stereocenters. The van der Waals surface area contributed by atoms with Gasteiger partial charge < -0.3 is 10.1 Å². The van der Waals surface area contributed by atoms with E-state index in [-0.39, 0.29) is 17.4 Å². The van der Waals surface area contributed by atoms with E-state index in [0.29, 0.717) is 17.9 Å². The van der Waals surface area contributed by atoms with Crippen molar-refractivity contribution in [2.24, 2.45) is 0 Å². The minimum absolute atomic E-state index is 0.0483. The molecule has 0 saturated carbocycles. The lowest BCUT2D eigenvalue weighted by atomic mass is 9.86. The molecular formula is C24H34N2O4S. The zero-order chi connectivity index (χ0) is 23.4. The molecule has 170 valence electrons. The van der Waals surface area contributed by atoms with Crippen LogP contribution in [0.3, 0.4) is 0 Å². The molecule has 0 saturated heterocycles.